The van der Waals surface area contributed by atoms with E-state index in [-0.39, 0.29) is 106 Å². The summed E-state index contributed by atoms with van der Waals surface area (Å²) < 4.78 is 285. The highest BCUT2D eigenvalue weighted by atomic mass is 19.2. The molecule has 0 amide bonds. The molecule has 102 heavy (non-hydrogen) atoms. The van der Waals surface area contributed by atoms with Gasteiger partial charge < -0.3 is 37.9 Å². The topological polar surface area (TPSA) is 73.8 Å². The molecule has 8 aromatic carbocycles. The van der Waals surface area contributed by atoms with Crippen LogP contribution >= 0.6 is 0 Å². The first-order chi connectivity index (χ1) is 47.7. The van der Waals surface area contributed by atoms with Crippen LogP contribution in [0.1, 0.15) is 74.1 Å². The predicted molar refractivity (Wildman–Crippen MR) is 390 cm³/mol. The molecule has 8 nitrogen and oxygen atoms in total. The van der Waals surface area contributed by atoms with Crippen LogP contribution in [0.3, 0.4) is 0 Å². The van der Waals surface area contributed by atoms with E-state index in [9.17, 15) is 83.4 Å². The van der Waals surface area contributed by atoms with Crippen LogP contribution in [0, 0.1) is 111 Å². The Morgan fingerprint density at radius 2 is 0.569 bits per heavy atom. The molecule has 0 saturated carbocycles. The Bertz CT molecular complexity index is 3830. The van der Waals surface area contributed by atoms with Gasteiger partial charge in [0.2, 0.25) is 11.6 Å². The van der Waals surface area contributed by atoms with Crippen LogP contribution in [0.2, 0.25) is 0 Å². The number of methoxy groups -OCH3 is 3. The lowest BCUT2D eigenvalue weighted by Gasteiger charge is -2.14. The fourth-order valence-corrected chi connectivity index (χ4v) is 5.95. The summed E-state index contributed by atoms with van der Waals surface area (Å²) in [5.41, 5.74) is 4.53. The minimum atomic E-state index is -1.45. The SMILES string of the molecule is [BH3-]c1c(F)c(F)c(OC)c(F)c1F.[BH3-]c1cc(F)c(OC(C)C)c(F)c1.[BH3-]c1cc(F)c(OC(C)CC)c(F)c1.[BH3-]c1cc(F)c(OC)c(F)c1.[BH3-]c1cc(F)c(OC)c(F)c1F.[BH3-]c1cc(F)c(OCC)c(F)c1.[BH3-]c1cc(F)c(OCCC)c(F)c1.[BH3-]c1cc(F)c(OCCCC)c(F)c1. The Kier molecular flexibility index (Phi) is 40.6. The van der Waals surface area contributed by atoms with Crippen molar-refractivity contribution in [2.24, 2.45) is 0 Å². The van der Waals surface area contributed by atoms with E-state index in [2.05, 4.69) is 14.2 Å². The van der Waals surface area contributed by atoms with Gasteiger partial charge in [0.1, 0.15) is 17.5 Å². The summed E-state index contributed by atoms with van der Waals surface area (Å²) in [6, 6.07) is 17.4. The van der Waals surface area contributed by atoms with Crippen molar-refractivity contribution < 1.29 is 121 Å². The summed E-state index contributed by atoms with van der Waals surface area (Å²) in [6.07, 6.45) is 2.87. The highest BCUT2D eigenvalue weighted by molar-refractivity contribution is 6.34. The predicted octanol–water partition coefficient (Wildman–Crippen LogP) is 4.42. The van der Waals surface area contributed by atoms with Crippen LogP contribution in [0.15, 0.2) is 78.9 Å². The summed E-state index contributed by atoms with van der Waals surface area (Å²) >= 11 is 0. The fourth-order valence-electron chi connectivity index (χ4n) is 5.95. The largest absolute Gasteiger partial charge is 0.491 e. The van der Waals surface area contributed by atoms with Crippen molar-refractivity contribution in [3.63, 3.8) is 0 Å². The summed E-state index contributed by atoms with van der Waals surface area (Å²) in [5.74, 6) is -18.6. The highest BCUT2D eigenvalue weighted by Crippen LogP contribution is 2.28. The van der Waals surface area contributed by atoms with E-state index in [0.717, 1.165) is 78.7 Å². The molecule has 0 radical (unpaired) electrons. The van der Waals surface area contributed by atoms with E-state index in [1.165, 1.54) is 79.9 Å². The molecule has 0 aliphatic rings. The molecule has 1 unspecified atom stereocenters. The third-order valence-corrected chi connectivity index (χ3v) is 10.4. The molecule has 564 valence electrons. The first-order valence-electron chi connectivity index (χ1n) is 27.3. The average molecular weight is 1460 g/mol. The van der Waals surface area contributed by atoms with Gasteiger partial charge in [-0.15, -0.1) is 5.46 Å². The number of halogens is 19. The van der Waals surface area contributed by atoms with Gasteiger partial charge >= 0.3 is 0 Å². The number of hydrogen-bond acceptors (Lipinski definition) is 8. The summed E-state index contributed by atoms with van der Waals surface area (Å²) in [4.78, 5) is 0. The van der Waals surface area contributed by atoms with Gasteiger partial charge in [-0.2, -0.15) is 18.6 Å². The number of ether oxygens (including phenoxy) is 8. The Morgan fingerprint density at radius 3 is 0.853 bits per heavy atom. The van der Waals surface area contributed by atoms with Crippen molar-refractivity contribution in [2.75, 3.05) is 41.2 Å². The standard InChI is InChI=1S/2C10H14BF2O.2C9H12BF2O.C8H10BF2O.C7H6BF4O.C7H7BF3O.C7H8BF2O/c1-3-6(2)14-10-8(12)4-7(11)5-9(10)13;1-2-3-4-14-10-8(12)5-7(11)6-9(10)13;1-5(2)13-9-7(11)3-6(10)4-8(9)12;1-2-3-13-9-7(11)4-6(10)5-8(9)12;1-2-12-8-6(10)3-5(9)4-7(8)11;1-13-7-5(11)3(9)2(8)4(10)6(7)12;1-12-7-4(9)2-3(8)5(10)6(7)11;1-11-7-5(9)2-4(8)3-6(7)10/h4-6H,3H2,1-2,11H3;5-6H,2-4H2,1,11H3;3-5H,1-2,10H3;4-5H,2-3H2,1,10H3;3-4H,2H2,1,9H3;1,8H3;2H,1,8H3;2-3H,1,8H3/q8*-1. The van der Waals surface area contributed by atoms with Crippen molar-refractivity contribution in [2.45, 2.75) is 86.4 Å². The van der Waals surface area contributed by atoms with Gasteiger partial charge in [0.15, 0.2) is 127 Å². The van der Waals surface area contributed by atoms with Crippen molar-refractivity contribution in [3.05, 3.63) is 189 Å². The van der Waals surface area contributed by atoms with Gasteiger partial charge in [-0.1, -0.05) is 106 Å². The third-order valence-electron chi connectivity index (χ3n) is 10.4. The normalized spacial score (nSPS) is 10.5. The minimum Gasteiger partial charge on any atom is -0.491 e. The van der Waals surface area contributed by atoms with Crippen LogP contribution in [0.25, 0.3) is 0 Å². The second-order valence-corrected chi connectivity index (χ2v) is 17.8. The quantitative estimate of drug-likeness (QED) is 0.0576. The Labute approximate surface area is 588 Å². The lowest BCUT2D eigenvalue weighted by atomic mass is 9.94. The van der Waals surface area contributed by atoms with E-state index in [0.29, 0.717) is 13.2 Å². The Hall–Kier alpha value is -8.65. The molecule has 0 saturated heterocycles. The van der Waals surface area contributed by atoms with Crippen LogP contribution in [-0.4, -0.2) is 116 Å². The van der Waals surface area contributed by atoms with Crippen LogP contribution in [0.5, 0.6) is 46.0 Å². The van der Waals surface area contributed by atoms with Gasteiger partial charge in [-0.25, -0.2) is 103 Å². The Morgan fingerprint density at radius 1 is 0.294 bits per heavy atom. The second-order valence-electron chi connectivity index (χ2n) is 17.8. The van der Waals surface area contributed by atoms with E-state index < -0.39 is 143 Å². The van der Waals surface area contributed by atoms with Gasteiger partial charge in [0.25, 0.3) is 0 Å². The lowest BCUT2D eigenvalue weighted by molar-refractivity contribution is 0.198. The van der Waals surface area contributed by atoms with Gasteiger partial charge in [0.05, 0.1) is 53.4 Å². The molecule has 8 rings (SSSR count). The molecule has 0 N–H and O–H groups in total. The molecule has 1 atom stereocenters. The zero-order chi connectivity index (χ0) is 78.2. The first kappa shape index (κ1) is 91.4. The molecule has 0 bridgehead atoms. The molecule has 0 aliphatic heterocycles. The van der Waals surface area contributed by atoms with Crippen LogP contribution in [-0.2, 0) is 0 Å². The molecule has 35 heteroatoms. The molecule has 0 aromatic heterocycles. The molecule has 0 spiro atoms. The third kappa shape index (κ3) is 29.4. The number of rotatable bonds is 17. The zero-order valence-electron chi connectivity index (χ0n) is 51.6. The van der Waals surface area contributed by atoms with E-state index in [1.54, 1.807) is 27.7 Å². The zero-order valence-corrected chi connectivity index (χ0v) is 51.6. The van der Waals surface area contributed by atoms with E-state index in [4.69, 9.17) is 23.7 Å². The molecule has 0 aliphatic carbocycles. The van der Waals surface area contributed by atoms with Gasteiger partial charge in [-0.05, 0) is 110 Å². The second kappa shape index (κ2) is 45.4. The summed E-state index contributed by atoms with van der Waals surface area (Å²) in [5, 5.41) is 0. The van der Waals surface area contributed by atoms with Crippen molar-refractivity contribution in [1.82, 2.24) is 0 Å². The van der Waals surface area contributed by atoms with E-state index in [1.807, 2.05) is 20.8 Å². The van der Waals surface area contributed by atoms with E-state index >= 15 is 0 Å². The van der Waals surface area contributed by atoms with Crippen molar-refractivity contribution in [3.8, 4) is 46.0 Å². The maximum Gasteiger partial charge on any atom is 0.200 e. The van der Waals surface area contributed by atoms with Crippen LogP contribution < -0.4 is 81.6 Å². The number of unbranched alkanes of at least 4 members (excludes halogenated alkanes) is 1. The van der Waals surface area contributed by atoms with Crippen molar-refractivity contribution in [1.29, 1.82) is 0 Å². The monoisotopic (exact) mass is 1460 g/mol. The molecule has 8 aromatic rings. The number of hydrogen-bond donors (Lipinski definition) is 0. The fraction of sp³-hybridized carbons (Fsp3) is 0.284. The van der Waals surface area contributed by atoms with Gasteiger partial charge in [0, 0.05) is 0 Å². The number of benzene rings is 8. The molecule has 0 heterocycles. The highest BCUT2D eigenvalue weighted by Gasteiger charge is 2.22. The molecule has 0 fully saturated rings. The van der Waals surface area contributed by atoms with Gasteiger partial charge in [-0.3, -0.25) is 0 Å². The smallest absolute Gasteiger partial charge is 0.200 e. The Balaban J connectivity index is 0.000000583. The molecular weight excluding hydrogens is 1380 g/mol. The van der Waals surface area contributed by atoms with Crippen molar-refractivity contribution >= 4 is 106 Å². The lowest BCUT2D eigenvalue weighted by Crippen LogP contribution is -2.19. The molecular formula is C67H83B8F19O8-8. The summed E-state index contributed by atoms with van der Waals surface area (Å²) in [6.45, 7) is 13.8. The van der Waals surface area contributed by atoms with Crippen LogP contribution in [0.4, 0.5) is 83.4 Å². The average Bonchev–Trinajstić information content (AvgIpc) is 0.803. The minimum absolute atomic E-state index is 0.149. The maximum atomic E-state index is 13.3. The maximum absolute atomic E-state index is 13.3. The summed E-state index contributed by atoms with van der Waals surface area (Å²) in [7, 11) is 0.840. The first-order valence-corrected chi connectivity index (χ1v) is 27.3.